The van der Waals surface area contributed by atoms with E-state index in [0.29, 0.717) is 61.6 Å². The van der Waals surface area contributed by atoms with E-state index in [4.69, 9.17) is 15.0 Å². The van der Waals surface area contributed by atoms with Crippen LogP contribution in [0.2, 0.25) is 0 Å². The summed E-state index contributed by atoms with van der Waals surface area (Å²) in [4.78, 5) is 52.8. The molecule has 4 aliphatic heterocycles. The Labute approximate surface area is 241 Å². The van der Waals surface area contributed by atoms with Crippen LogP contribution in [0.15, 0.2) is 77.7 Å². The van der Waals surface area contributed by atoms with Crippen molar-refractivity contribution in [1.82, 2.24) is 4.98 Å². The fourth-order valence-corrected chi connectivity index (χ4v) is 5.48. The van der Waals surface area contributed by atoms with Gasteiger partial charge in [-0.05, 0) is 98.3 Å². The molecule has 0 saturated heterocycles. The van der Waals surface area contributed by atoms with Crippen molar-refractivity contribution in [2.45, 2.75) is 53.4 Å². The number of allylic oxidation sites excluding steroid dienone is 8. The van der Waals surface area contributed by atoms with Crippen molar-refractivity contribution in [3.8, 4) is 0 Å². The Hall–Kier alpha value is -5.12. The zero-order chi connectivity index (χ0) is 30.3. The minimum Gasteiger partial charge on any atom is -0.515 e. The molecule has 5 rings (SSSR count). The van der Waals surface area contributed by atoms with Crippen LogP contribution in [0.3, 0.4) is 0 Å². The van der Waals surface area contributed by atoms with Crippen molar-refractivity contribution in [2.24, 2.45) is 15.0 Å². The number of aliphatic imine (C=N–C) groups is 3. The number of rotatable bonds is 7. The molecule has 10 nitrogen and oxygen atoms in total. The molecule has 5 heterocycles. The highest BCUT2D eigenvalue weighted by molar-refractivity contribution is 6.24. The smallest absolute Gasteiger partial charge is 0.303 e. The number of carbonyl (C=O) groups is 3. The topological polar surface area (TPSA) is 165 Å². The Bertz CT molecular complexity index is 1880. The summed E-state index contributed by atoms with van der Waals surface area (Å²) in [5, 5.41) is 30.1. The Balaban J connectivity index is 1.82. The summed E-state index contributed by atoms with van der Waals surface area (Å²) < 4.78 is 0. The third kappa shape index (κ3) is 5.07. The maximum atomic E-state index is 12.1. The molecular formula is C32H30N4O6. The highest BCUT2D eigenvalue weighted by Crippen LogP contribution is 2.35. The number of hydrogen-bond acceptors (Lipinski definition) is 7. The monoisotopic (exact) mass is 566 g/mol. The fourth-order valence-electron chi connectivity index (χ4n) is 5.48. The van der Waals surface area contributed by atoms with Crippen LogP contribution >= 0.6 is 0 Å². The molecule has 0 fully saturated rings. The molecule has 0 atom stereocenters. The summed E-state index contributed by atoms with van der Waals surface area (Å²) >= 11 is 0. The summed E-state index contributed by atoms with van der Waals surface area (Å²) in [7, 11) is 0. The largest absolute Gasteiger partial charge is 0.515 e. The SMILES string of the molecule is CC1=C(C=O)C2=Cc3[nH]c(c(=CO)c3C)=CC3=NC(=CC4=NC(=CC1=N2)C(C)=C4CCC(=O)O)C(CCC(=O)O)=C3C. The van der Waals surface area contributed by atoms with Crippen LogP contribution in [0.25, 0.3) is 18.4 Å². The van der Waals surface area contributed by atoms with Crippen LogP contribution in [0.1, 0.15) is 57.7 Å². The van der Waals surface area contributed by atoms with Gasteiger partial charge in [-0.1, -0.05) is 0 Å². The number of nitrogens with zero attached hydrogens (tertiary/aromatic N) is 3. The Morgan fingerprint density at radius 3 is 2.00 bits per heavy atom. The zero-order valence-electron chi connectivity index (χ0n) is 23.7. The molecule has 0 aromatic carbocycles. The van der Waals surface area contributed by atoms with E-state index in [0.717, 1.165) is 40.4 Å². The second kappa shape index (κ2) is 11.0. The van der Waals surface area contributed by atoms with E-state index in [1.807, 2.05) is 27.7 Å². The van der Waals surface area contributed by atoms with Gasteiger partial charge in [0.2, 0.25) is 0 Å². The lowest BCUT2D eigenvalue weighted by molar-refractivity contribution is -0.137. The van der Waals surface area contributed by atoms with Gasteiger partial charge in [0.15, 0.2) is 6.29 Å². The third-order valence-electron chi connectivity index (χ3n) is 7.98. The number of H-pyrrole nitrogens is 1. The summed E-state index contributed by atoms with van der Waals surface area (Å²) in [5.41, 5.74) is 8.89. The van der Waals surface area contributed by atoms with Crippen molar-refractivity contribution in [3.05, 3.63) is 84.5 Å². The number of aromatic nitrogens is 1. The second-order valence-electron chi connectivity index (χ2n) is 10.5. The third-order valence-corrected chi connectivity index (χ3v) is 7.98. The quantitative estimate of drug-likeness (QED) is 0.367. The van der Waals surface area contributed by atoms with Crippen molar-refractivity contribution < 1.29 is 29.7 Å². The Morgan fingerprint density at radius 1 is 0.762 bits per heavy atom. The number of aliphatic carboxylic acids is 2. The zero-order valence-corrected chi connectivity index (χ0v) is 23.7. The molecule has 0 amide bonds. The highest BCUT2D eigenvalue weighted by atomic mass is 16.4. The van der Waals surface area contributed by atoms with Gasteiger partial charge in [0.25, 0.3) is 0 Å². The minimum absolute atomic E-state index is 0.0926. The van der Waals surface area contributed by atoms with Gasteiger partial charge in [0.05, 0.1) is 45.8 Å². The van der Waals surface area contributed by atoms with Crippen molar-refractivity contribution in [2.75, 3.05) is 0 Å². The first-order valence-corrected chi connectivity index (χ1v) is 13.5. The lowest BCUT2D eigenvalue weighted by Crippen LogP contribution is -2.25. The summed E-state index contributed by atoms with van der Waals surface area (Å²) in [5.74, 6) is -1.87. The molecule has 1 aromatic heterocycles. The van der Waals surface area contributed by atoms with E-state index >= 15 is 0 Å². The van der Waals surface area contributed by atoms with Crippen LogP contribution in [-0.2, 0) is 14.4 Å². The number of fused-ring (bicyclic) bond motifs is 5. The van der Waals surface area contributed by atoms with E-state index in [1.165, 1.54) is 0 Å². The number of hydrogen-bond donors (Lipinski definition) is 4. The standard InChI is InChI=1S/C32H30N4O6/c1-15-19(5-7-31(39)40)27-12-28-20(6-8-32(41)42)16(2)25(34-28)10-29-22(14-38)18(4)26(36-29)11-30-21(13-37)17(3)24(35-30)9-23(15)33-27/h9-14,36,38H,5-8H2,1-4H3,(H,39,40)(H,41,42). The molecule has 8 bridgehead atoms. The van der Waals surface area contributed by atoms with Crippen LogP contribution < -0.4 is 10.6 Å². The number of carboxylic acid groups (broad SMARTS) is 2. The minimum atomic E-state index is -0.937. The lowest BCUT2D eigenvalue weighted by Gasteiger charge is -2.07. The molecule has 0 unspecified atom stereocenters. The molecule has 4 N–H and O–H groups in total. The van der Waals surface area contributed by atoms with E-state index in [2.05, 4.69) is 4.98 Å². The van der Waals surface area contributed by atoms with E-state index in [1.54, 1.807) is 24.3 Å². The van der Waals surface area contributed by atoms with Gasteiger partial charge in [-0.25, -0.2) is 15.0 Å². The van der Waals surface area contributed by atoms with Crippen LogP contribution in [-0.4, -0.2) is 55.7 Å². The first-order chi connectivity index (χ1) is 20.0. The van der Waals surface area contributed by atoms with Crippen molar-refractivity contribution in [3.63, 3.8) is 0 Å². The number of carbonyl (C=O) groups excluding carboxylic acids is 1. The Kier molecular flexibility index (Phi) is 7.47. The summed E-state index contributed by atoms with van der Waals surface area (Å²) in [6.45, 7) is 7.40. The van der Waals surface area contributed by atoms with Gasteiger partial charge in [-0.3, -0.25) is 14.4 Å². The molecule has 42 heavy (non-hydrogen) atoms. The summed E-state index contributed by atoms with van der Waals surface area (Å²) in [6, 6.07) is 0. The maximum Gasteiger partial charge on any atom is 0.303 e. The average Bonchev–Trinajstić information content (AvgIpc) is 3.59. The molecule has 214 valence electrons. The molecule has 0 aliphatic carbocycles. The van der Waals surface area contributed by atoms with Gasteiger partial charge in [-0.15, -0.1) is 0 Å². The van der Waals surface area contributed by atoms with E-state index in [9.17, 15) is 29.7 Å². The van der Waals surface area contributed by atoms with Gasteiger partial charge in [0.1, 0.15) is 0 Å². The van der Waals surface area contributed by atoms with Gasteiger partial charge in [0, 0.05) is 29.3 Å². The summed E-state index contributed by atoms with van der Waals surface area (Å²) in [6.07, 6.45) is 9.19. The molecular weight excluding hydrogens is 536 g/mol. The molecule has 0 radical (unpaired) electrons. The van der Waals surface area contributed by atoms with Gasteiger partial charge in [-0.2, -0.15) is 0 Å². The van der Waals surface area contributed by atoms with Crippen LogP contribution in [0.5, 0.6) is 0 Å². The number of aromatic amines is 1. The maximum absolute atomic E-state index is 12.1. The fraction of sp³-hybridized carbons (Fsp3) is 0.250. The van der Waals surface area contributed by atoms with Gasteiger partial charge < -0.3 is 20.3 Å². The normalized spacial score (nSPS) is 18.4. The molecule has 4 aliphatic rings. The number of carboxylic acids is 2. The highest BCUT2D eigenvalue weighted by Gasteiger charge is 2.27. The predicted molar refractivity (Wildman–Crippen MR) is 161 cm³/mol. The molecule has 1 aromatic rings. The molecule has 10 heteroatoms. The van der Waals surface area contributed by atoms with Gasteiger partial charge >= 0.3 is 11.9 Å². The van der Waals surface area contributed by atoms with Crippen molar-refractivity contribution >= 4 is 53.8 Å². The number of aliphatic hydroxyl groups excluding tert-OH is 1. The predicted octanol–water partition coefficient (Wildman–Crippen LogP) is 3.76. The number of aldehydes is 1. The van der Waals surface area contributed by atoms with Crippen LogP contribution in [0, 0.1) is 6.92 Å². The molecule has 0 spiro atoms. The van der Waals surface area contributed by atoms with E-state index in [-0.39, 0.29) is 25.7 Å². The second-order valence-corrected chi connectivity index (χ2v) is 10.5. The lowest BCUT2D eigenvalue weighted by atomic mass is 9.96. The number of nitrogens with one attached hydrogen (secondary N) is 1. The first kappa shape index (κ1) is 28.4. The Morgan fingerprint density at radius 2 is 1.36 bits per heavy atom. The van der Waals surface area contributed by atoms with E-state index < -0.39 is 11.9 Å². The number of aliphatic hydroxyl groups is 1. The van der Waals surface area contributed by atoms with Crippen molar-refractivity contribution in [1.29, 1.82) is 0 Å². The molecule has 0 saturated carbocycles. The van der Waals surface area contributed by atoms with Crippen LogP contribution in [0.4, 0.5) is 0 Å². The average molecular weight is 567 g/mol. The first-order valence-electron chi connectivity index (χ1n) is 13.5.